The number of anilines is 1. The third-order valence-electron chi connectivity index (χ3n) is 4.93. The molecule has 8 nitrogen and oxygen atoms in total. The predicted molar refractivity (Wildman–Crippen MR) is 136 cm³/mol. The minimum Gasteiger partial charge on any atom is -0.493 e. The maximum Gasteiger partial charge on any atom is 0.268 e. The summed E-state index contributed by atoms with van der Waals surface area (Å²) in [7, 11) is 1.53. The highest BCUT2D eigenvalue weighted by Crippen LogP contribution is 2.29. The fraction of sp³-hybridized carbons (Fsp3) is 0.308. The summed E-state index contributed by atoms with van der Waals surface area (Å²) < 4.78 is 16.9. The number of carbonyl (C=O) groups excluding carboxylic acids is 1. The quantitative estimate of drug-likeness (QED) is 0.210. The van der Waals surface area contributed by atoms with Crippen molar-refractivity contribution in [1.29, 1.82) is 5.26 Å². The van der Waals surface area contributed by atoms with E-state index >= 15 is 0 Å². The summed E-state index contributed by atoms with van der Waals surface area (Å²) in [5.74, 6) is 1.25. The molecular formula is C26H28N4O4S. The number of carbonyl (C=O) groups is 1. The van der Waals surface area contributed by atoms with Crippen LogP contribution in [0.3, 0.4) is 0 Å². The number of nitriles is 1. The van der Waals surface area contributed by atoms with Gasteiger partial charge in [-0.05, 0) is 49.2 Å². The monoisotopic (exact) mass is 492 g/mol. The number of benzene rings is 2. The second-order valence-electron chi connectivity index (χ2n) is 7.65. The van der Waals surface area contributed by atoms with E-state index < -0.39 is 5.91 Å². The van der Waals surface area contributed by atoms with Gasteiger partial charge >= 0.3 is 0 Å². The van der Waals surface area contributed by atoms with Crippen LogP contribution in [0.5, 0.6) is 17.2 Å². The highest BCUT2D eigenvalue weighted by Gasteiger charge is 2.14. The molecule has 0 atom stereocenters. The van der Waals surface area contributed by atoms with Crippen molar-refractivity contribution in [2.45, 2.75) is 33.1 Å². The Morgan fingerprint density at radius 2 is 1.89 bits per heavy atom. The van der Waals surface area contributed by atoms with Gasteiger partial charge in [0.25, 0.3) is 5.91 Å². The van der Waals surface area contributed by atoms with Gasteiger partial charge in [-0.2, -0.15) is 5.26 Å². The van der Waals surface area contributed by atoms with Gasteiger partial charge in [0.15, 0.2) is 11.5 Å². The zero-order valence-corrected chi connectivity index (χ0v) is 20.9. The number of ether oxygens (including phenoxy) is 3. The number of nitrogens with one attached hydrogen (secondary N) is 1. The molecule has 3 aromatic rings. The van der Waals surface area contributed by atoms with Gasteiger partial charge in [-0.25, -0.2) is 0 Å². The zero-order valence-electron chi connectivity index (χ0n) is 20.0. The number of unbranched alkanes of at least 4 members (excludes halogenated alkanes) is 1. The summed E-state index contributed by atoms with van der Waals surface area (Å²) in [6.45, 7) is 4.82. The van der Waals surface area contributed by atoms with Crippen LogP contribution in [0.15, 0.2) is 48.0 Å². The standard InChI is InChI=1S/C26H28N4O4S/c1-4-5-6-24-29-30-26(35-24)28-25(31)20(17-27)15-19-9-12-22(23(16-19)32-3)34-14-13-33-21-10-7-18(2)8-11-21/h7-12,15-16H,4-6,13-14H2,1-3H3,(H,28,30,31). The van der Waals surface area contributed by atoms with Crippen molar-refractivity contribution >= 4 is 28.5 Å². The second-order valence-corrected chi connectivity index (χ2v) is 8.71. The summed E-state index contributed by atoms with van der Waals surface area (Å²) in [5, 5.41) is 21.4. The lowest BCUT2D eigenvalue weighted by molar-refractivity contribution is -0.112. The average Bonchev–Trinajstić information content (AvgIpc) is 3.32. The van der Waals surface area contributed by atoms with E-state index in [1.165, 1.54) is 30.1 Å². The molecule has 0 aliphatic carbocycles. The van der Waals surface area contributed by atoms with Gasteiger partial charge in [-0.3, -0.25) is 10.1 Å². The molecule has 9 heteroatoms. The van der Waals surface area contributed by atoms with Crippen molar-refractivity contribution in [3.63, 3.8) is 0 Å². The molecule has 0 fully saturated rings. The number of nitrogens with zero attached hydrogens (tertiary/aromatic N) is 3. The van der Waals surface area contributed by atoms with Gasteiger partial charge in [-0.1, -0.05) is 48.4 Å². The van der Waals surface area contributed by atoms with E-state index in [4.69, 9.17) is 14.2 Å². The Hall–Kier alpha value is -3.90. The molecule has 0 saturated heterocycles. The number of amides is 1. The van der Waals surface area contributed by atoms with Crippen LogP contribution in [0.1, 0.15) is 35.9 Å². The number of aryl methyl sites for hydroxylation is 2. The lowest BCUT2D eigenvalue weighted by Crippen LogP contribution is -2.13. The maximum absolute atomic E-state index is 12.6. The van der Waals surface area contributed by atoms with Crippen LogP contribution in [-0.2, 0) is 11.2 Å². The van der Waals surface area contributed by atoms with E-state index in [0.29, 0.717) is 35.4 Å². The molecule has 0 aliphatic rings. The van der Waals surface area contributed by atoms with E-state index in [2.05, 4.69) is 22.4 Å². The summed E-state index contributed by atoms with van der Waals surface area (Å²) in [5.41, 5.74) is 1.73. The van der Waals surface area contributed by atoms with Crippen LogP contribution in [0.4, 0.5) is 5.13 Å². The molecule has 1 heterocycles. The maximum atomic E-state index is 12.6. The zero-order chi connectivity index (χ0) is 25.0. The molecule has 3 rings (SSSR count). The topological polar surface area (TPSA) is 106 Å². The van der Waals surface area contributed by atoms with Crippen molar-refractivity contribution in [1.82, 2.24) is 10.2 Å². The summed E-state index contributed by atoms with van der Waals surface area (Å²) in [6, 6.07) is 14.9. The molecule has 0 saturated carbocycles. The SMILES string of the molecule is CCCCc1nnc(NC(=O)C(C#N)=Cc2ccc(OCCOc3ccc(C)cc3)c(OC)c2)s1. The van der Waals surface area contributed by atoms with E-state index in [1.54, 1.807) is 18.2 Å². The van der Waals surface area contributed by atoms with E-state index in [1.807, 2.05) is 37.3 Å². The number of rotatable bonds is 12. The molecule has 1 N–H and O–H groups in total. The second kappa shape index (κ2) is 13.1. The lowest BCUT2D eigenvalue weighted by Gasteiger charge is -2.12. The normalized spacial score (nSPS) is 11.0. The molecule has 0 unspecified atom stereocenters. The Morgan fingerprint density at radius 3 is 2.60 bits per heavy atom. The molecule has 0 bridgehead atoms. The van der Waals surface area contributed by atoms with Crippen molar-refractivity contribution in [3.05, 3.63) is 64.2 Å². The molecule has 0 aliphatic heterocycles. The van der Waals surface area contributed by atoms with E-state index in [-0.39, 0.29) is 5.57 Å². The van der Waals surface area contributed by atoms with Gasteiger partial charge < -0.3 is 14.2 Å². The predicted octanol–water partition coefficient (Wildman–Crippen LogP) is 5.20. The van der Waals surface area contributed by atoms with Crippen LogP contribution in [-0.4, -0.2) is 36.4 Å². The van der Waals surface area contributed by atoms with Gasteiger partial charge in [0.1, 0.15) is 35.6 Å². The smallest absolute Gasteiger partial charge is 0.268 e. The fourth-order valence-electron chi connectivity index (χ4n) is 3.05. The summed E-state index contributed by atoms with van der Waals surface area (Å²) in [4.78, 5) is 12.6. The Morgan fingerprint density at radius 1 is 1.11 bits per heavy atom. The third kappa shape index (κ3) is 7.83. The molecule has 0 radical (unpaired) electrons. The van der Waals surface area contributed by atoms with Crippen molar-refractivity contribution in [2.24, 2.45) is 0 Å². The number of hydrogen-bond acceptors (Lipinski definition) is 8. The van der Waals surface area contributed by atoms with Crippen LogP contribution in [0.2, 0.25) is 0 Å². The van der Waals surface area contributed by atoms with Crippen LogP contribution < -0.4 is 19.5 Å². The van der Waals surface area contributed by atoms with Gasteiger partial charge in [-0.15, -0.1) is 10.2 Å². The number of methoxy groups -OCH3 is 1. The number of aromatic nitrogens is 2. The van der Waals surface area contributed by atoms with Crippen LogP contribution in [0, 0.1) is 18.3 Å². The van der Waals surface area contributed by atoms with E-state index in [0.717, 1.165) is 30.0 Å². The Balaban J connectivity index is 1.60. The molecule has 2 aromatic carbocycles. The van der Waals surface area contributed by atoms with Gasteiger partial charge in [0.05, 0.1) is 7.11 Å². The minimum atomic E-state index is -0.543. The first-order valence-electron chi connectivity index (χ1n) is 11.3. The molecule has 1 amide bonds. The first-order chi connectivity index (χ1) is 17.0. The molecule has 35 heavy (non-hydrogen) atoms. The summed E-state index contributed by atoms with van der Waals surface area (Å²) in [6.07, 6.45) is 4.36. The van der Waals surface area contributed by atoms with E-state index in [9.17, 15) is 10.1 Å². The fourth-order valence-corrected chi connectivity index (χ4v) is 3.83. The Labute approximate surface area is 209 Å². The highest BCUT2D eigenvalue weighted by molar-refractivity contribution is 7.15. The molecule has 1 aromatic heterocycles. The molecular weight excluding hydrogens is 464 g/mol. The third-order valence-corrected chi connectivity index (χ3v) is 5.82. The summed E-state index contributed by atoms with van der Waals surface area (Å²) >= 11 is 1.31. The van der Waals surface area contributed by atoms with Crippen molar-refractivity contribution in [2.75, 3.05) is 25.6 Å². The first kappa shape index (κ1) is 25.7. The number of hydrogen-bond donors (Lipinski definition) is 1. The highest BCUT2D eigenvalue weighted by atomic mass is 32.1. The van der Waals surface area contributed by atoms with Crippen molar-refractivity contribution < 1.29 is 19.0 Å². The first-order valence-corrected chi connectivity index (χ1v) is 12.1. The van der Waals surface area contributed by atoms with Gasteiger partial charge in [0.2, 0.25) is 5.13 Å². The van der Waals surface area contributed by atoms with Crippen molar-refractivity contribution in [3.8, 4) is 23.3 Å². The Bertz CT molecular complexity index is 1200. The van der Waals surface area contributed by atoms with Gasteiger partial charge in [0, 0.05) is 6.42 Å². The van der Waals surface area contributed by atoms with Crippen LogP contribution >= 0.6 is 11.3 Å². The molecule has 0 spiro atoms. The average molecular weight is 493 g/mol. The Kier molecular flexibility index (Phi) is 9.63. The largest absolute Gasteiger partial charge is 0.493 e. The minimum absolute atomic E-state index is 0.0578. The molecule has 182 valence electrons. The lowest BCUT2D eigenvalue weighted by atomic mass is 10.1. The van der Waals surface area contributed by atoms with Crippen LogP contribution in [0.25, 0.3) is 6.08 Å².